The minimum Gasteiger partial charge on any atom is -0.310 e. The van der Waals surface area contributed by atoms with Crippen molar-refractivity contribution >= 4 is 58.4 Å². The molecule has 374 valence electrons. The molecule has 0 N–H and O–H groups in total. The number of nitrogens with zero attached hydrogens (tertiary/aromatic N) is 2. The summed E-state index contributed by atoms with van der Waals surface area (Å²) in [5.74, 6) is 0. The van der Waals surface area contributed by atoms with Gasteiger partial charge in [-0.1, -0.05) is 223 Å². The average molecular weight is 993 g/mol. The molecular formula is C75H64N2. The Morgan fingerprint density at radius 3 is 0.766 bits per heavy atom. The first-order valence-electron chi connectivity index (χ1n) is 27.3. The Labute approximate surface area is 456 Å². The highest BCUT2D eigenvalue weighted by molar-refractivity contribution is 5.90. The van der Waals surface area contributed by atoms with E-state index >= 15 is 0 Å². The van der Waals surface area contributed by atoms with Crippen LogP contribution in [0, 0.1) is 13.8 Å². The molecule has 0 amide bonds. The number of rotatable bonds is 10. The van der Waals surface area contributed by atoms with E-state index in [1.165, 1.54) is 112 Å². The molecule has 0 aromatic heterocycles. The van der Waals surface area contributed by atoms with Gasteiger partial charge in [-0.3, -0.25) is 0 Å². The molecule has 0 fully saturated rings. The van der Waals surface area contributed by atoms with Crippen LogP contribution in [0.3, 0.4) is 0 Å². The lowest BCUT2D eigenvalue weighted by Gasteiger charge is -2.28. The highest BCUT2D eigenvalue weighted by Crippen LogP contribution is 2.54. The normalized spacial score (nSPS) is 14.7. The van der Waals surface area contributed by atoms with Crippen LogP contribution in [0.15, 0.2) is 218 Å². The highest BCUT2D eigenvalue weighted by atomic mass is 15.1. The van der Waals surface area contributed by atoms with Gasteiger partial charge in [-0.05, 0) is 176 Å². The lowest BCUT2D eigenvalue weighted by Crippen LogP contribution is -2.16. The van der Waals surface area contributed by atoms with Crippen LogP contribution in [0.1, 0.15) is 108 Å². The first-order chi connectivity index (χ1) is 37.2. The third-order valence-electron chi connectivity index (χ3n) is 17.2. The van der Waals surface area contributed by atoms with E-state index in [9.17, 15) is 0 Å². The molecule has 77 heavy (non-hydrogen) atoms. The minimum absolute atomic E-state index is 0.145. The van der Waals surface area contributed by atoms with Crippen LogP contribution >= 0.6 is 0 Å². The molecule has 0 saturated heterocycles. The molecule has 2 nitrogen and oxygen atoms in total. The number of anilines is 6. The van der Waals surface area contributed by atoms with Crippen LogP contribution in [-0.4, -0.2) is 0 Å². The maximum absolute atomic E-state index is 2.41. The summed E-state index contributed by atoms with van der Waals surface area (Å²) in [6, 6.07) is 81.3. The van der Waals surface area contributed by atoms with Gasteiger partial charge in [0.15, 0.2) is 0 Å². The van der Waals surface area contributed by atoms with E-state index < -0.39 is 0 Å². The first kappa shape index (κ1) is 48.0. The fourth-order valence-corrected chi connectivity index (χ4v) is 12.8. The number of hydrogen-bond donors (Lipinski definition) is 0. The molecule has 0 unspecified atom stereocenters. The number of aryl methyl sites for hydroxylation is 2. The molecule has 3 aliphatic rings. The standard InChI is InChI=1S/C75H64N2/c1-49-19-31-57(32-20-49)76(55-15-11-9-12-16-55)59-35-41-65-63-39-29-53(45-69(63)74(5,6)71(65)47-59)25-23-51-27-37-61-62-38-28-52(44-68(62)73(3,4)67(61)43-51)24-26-54-30-40-64-66-42-36-60(48-72(66)75(7,8)70(64)46-54)77(56-17-13-10-14-18-56)58-33-21-50(2)22-34-58/h9-48H,1-8H3/b25-23+,26-24+. The molecule has 0 saturated carbocycles. The van der Waals surface area contributed by atoms with Crippen molar-refractivity contribution in [2.45, 2.75) is 71.6 Å². The van der Waals surface area contributed by atoms with Crippen molar-refractivity contribution in [3.05, 3.63) is 285 Å². The summed E-state index contributed by atoms with van der Waals surface area (Å²) >= 11 is 0. The summed E-state index contributed by atoms with van der Waals surface area (Å²) in [5.41, 5.74) is 30.0. The minimum atomic E-state index is -0.165. The van der Waals surface area contributed by atoms with Crippen molar-refractivity contribution in [2.75, 3.05) is 9.80 Å². The Hall–Kier alpha value is -8.72. The molecule has 0 radical (unpaired) electrons. The van der Waals surface area contributed by atoms with E-state index in [-0.39, 0.29) is 16.2 Å². The number of para-hydroxylation sites is 2. The molecule has 0 aliphatic heterocycles. The fraction of sp³-hybridized carbons (Fsp3) is 0.147. The molecule has 3 aliphatic carbocycles. The smallest absolute Gasteiger partial charge is 0.0465 e. The maximum Gasteiger partial charge on any atom is 0.0465 e. The Bertz CT molecular complexity index is 3740. The summed E-state index contributed by atoms with van der Waals surface area (Å²) in [6.45, 7) is 18.6. The lowest BCUT2D eigenvalue weighted by molar-refractivity contribution is 0.660. The second-order valence-electron chi connectivity index (χ2n) is 23.2. The first-order valence-corrected chi connectivity index (χ1v) is 27.3. The van der Waals surface area contributed by atoms with Crippen LogP contribution in [0.25, 0.3) is 57.7 Å². The molecule has 0 bridgehead atoms. The number of fused-ring (bicyclic) bond motifs is 9. The van der Waals surface area contributed by atoms with Crippen LogP contribution in [0.4, 0.5) is 34.1 Å². The predicted octanol–water partition coefficient (Wildman–Crippen LogP) is 20.5. The highest BCUT2D eigenvalue weighted by Gasteiger charge is 2.39. The van der Waals surface area contributed by atoms with E-state index in [1.54, 1.807) is 0 Å². The number of benzene rings is 10. The molecular weight excluding hydrogens is 929 g/mol. The van der Waals surface area contributed by atoms with Crippen molar-refractivity contribution in [3.8, 4) is 33.4 Å². The Kier molecular flexibility index (Phi) is 11.4. The Morgan fingerprint density at radius 2 is 0.481 bits per heavy atom. The van der Waals surface area contributed by atoms with Gasteiger partial charge < -0.3 is 9.80 Å². The molecule has 0 atom stereocenters. The van der Waals surface area contributed by atoms with E-state index in [0.717, 1.165) is 22.7 Å². The molecule has 0 spiro atoms. The summed E-state index contributed by atoms with van der Waals surface area (Å²) < 4.78 is 0. The van der Waals surface area contributed by atoms with Crippen LogP contribution in [0.2, 0.25) is 0 Å². The predicted molar refractivity (Wildman–Crippen MR) is 329 cm³/mol. The zero-order valence-corrected chi connectivity index (χ0v) is 45.5. The van der Waals surface area contributed by atoms with E-state index in [4.69, 9.17) is 0 Å². The zero-order chi connectivity index (χ0) is 52.8. The largest absolute Gasteiger partial charge is 0.310 e. The van der Waals surface area contributed by atoms with Crippen molar-refractivity contribution in [1.29, 1.82) is 0 Å². The summed E-state index contributed by atoms with van der Waals surface area (Å²) in [5, 5.41) is 0. The van der Waals surface area contributed by atoms with Crippen LogP contribution in [0.5, 0.6) is 0 Å². The summed E-state index contributed by atoms with van der Waals surface area (Å²) in [6.07, 6.45) is 9.17. The van der Waals surface area contributed by atoms with Gasteiger partial charge in [0.2, 0.25) is 0 Å². The van der Waals surface area contributed by atoms with E-state index in [0.29, 0.717) is 0 Å². The third-order valence-corrected chi connectivity index (χ3v) is 17.2. The van der Waals surface area contributed by atoms with Gasteiger partial charge in [0.05, 0.1) is 0 Å². The van der Waals surface area contributed by atoms with Crippen molar-refractivity contribution < 1.29 is 0 Å². The van der Waals surface area contributed by atoms with Gasteiger partial charge in [0.25, 0.3) is 0 Å². The van der Waals surface area contributed by atoms with Crippen molar-refractivity contribution in [2.24, 2.45) is 0 Å². The van der Waals surface area contributed by atoms with E-state index in [2.05, 4.69) is 308 Å². The zero-order valence-electron chi connectivity index (χ0n) is 45.5. The molecule has 13 rings (SSSR count). The topological polar surface area (TPSA) is 6.48 Å². The third kappa shape index (κ3) is 8.17. The van der Waals surface area contributed by atoms with E-state index in [1.807, 2.05) is 0 Å². The van der Waals surface area contributed by atoms with Crippen LogP contribution < -0.4 is 9.80 Å². The molecule has 10 aromatic rings. The quantitative estimate of drug-likeness (QED) is 0.126. The second-order valence-corrected chi connectivity index (χ2v) is 23.2. The van der Waals surface area contributed by atoms with Gasteiger partial charge in [-0.15, -0.1) is 0 Å². The monoisotopic (exact) mass is 993 g/mol. The maximum atomic E-state index is 2.41. The van der Waals surface area contributed by atoms with Crippen LogP contribution in [-0.2, 0) is 16.2 Å². The van der Waals surface area contributed by atoms with Gasteiger partial charge in [0.1, 0.15) is 0 Å². The van der Waals surface area contributed by atoms with Gasteiger partial charge >= 0.3 is 0 Å². The Morgan fingerprint density at radius 1 is 0.247 bits per heavy atom. The summed E-state index contributed by atoms with van der Waals surface area (Å²) in [7, 11) is 0. The lowest BCUT2D eigenvalue weighted by atomic mass is 9.81. The van der Waals surface area contributed by atoms with Gasteiger partial charge in [0, 0.05) is 50.4 Å². The van der Waals surface area contributed by atoms with Crippen molar-refractivity contribution in [3.63, 3.8) is 0 Å². The number of hydrogen-bond acceptors (Lipinski definition) is 2. The Balaban J connectivity index is 0.730. The summed E-state index contributed by atoms with van der Waals surface area (Å²) in [4.78, 5) is 4.74. The SMILES string of the molecule is Cc1ccc(N(c2ccccc2)c2ccc3c(c2)C(C)(C)c2cc(/C=C/c4ccc5c(c4)C(C)(C)c4cc(/C=C/c6ccc7c(c6)C(C)(C)c6cc(N(c8ccccc8)c8ccc(C)cc8)ccc6-7)ccc4-5)ccc2-3)cc1. The second kappa shape index (κ2) is 18.2. The fourth-order valence-electron chi connectivity index (χ4n) is 12.8. The molecule has 2 heteroatoms. The molecule has 10 aromatic carbocycles. The average Bonchev–Trinajstić information content (AvgIpc) is 4.18. The van der Waals surface area contributed by atoms with Gasteiger partial charge in [-0.2, -0.15) is 0 Å². The van der Waals surface area contributed by atoms with Gasteiger partial charge in [-0.25, -0.2) is 0 Å². The molecule has 0 heterocycles. The van der Waals surface area contributed by atoms with Crippen molar-refractivity contribution in [1.82, 2.24) is 0 Å².